The van der Waals surface area contributed by atoms with Crippen molar-refractivity contribution in [2.24, 2.45) is 5.92 Å². The van der Waals surface area contributed by atoms with Crippen LogP contribution in [0.1, 0.15) is 24.2 Å². The van der Waals surface area contributed by atoms with Crippen LogP contribution in [0.15, 0.2) is 53.3 Å². The third-order valence-corrected chi connectivity index (χ3v) is 4.27. The quantitative estimate of drug-likeness (QED) is 0.746. The van der Waals surface area contributed by atoms with E-state index in [1.165, 1.54) is 12.8 Å². The molecule has 1 saturated carbocycles. The van der Waals surface area contributed by atoms with Crippen LogP contribution in [-0.2, 0) is 6.42 Å². The molecule has 0 bridgehead atoms. The van der Waals surface area contributed by atoms with Crippen LogP contribution >= 0.6 is 0 Å². The summed E-state index contributed by atoms with van der Waals surface area (Å²) in [7, 11) is 0. The molecule has 4 heteroatoms. The highest BCUT2D eigenvalue weighted by atomic mass is 16.1. The summed E-state index contributed by atoms with van der Waals surface area (Å²) in [5.41, 5.74) is 1.63. The van der Waals surface area contributed by atoms with Crippen LogP contribution in [-0.4, -0.2) is 9.55 Å². The number of hydrogen-bond acceptors (Lipinski definition) is 3. The smallest absolute Gasteiger partial charge is 0.267 e. The van der Waals surface area contributed by atoms with Gasteiger partial charge in [-0.25, -0.2) is 4.98 Å². The summed E-state index contributed by atoms with van der Waals surface area (Å²) >= 11 is 0. The first-order valence-corrected chi connectivity index (χ1v) is 7.78. The Bertz CT molecular complexity index is 979. The third kappa shape index (κ3) is 2.40. The summed E-state index contributed by atoms with van der Waals surface area (Å²) in [6.07, 6.45) is 3.19. The zero-order chi connectivity index (χ0) is 15.8. The maximum atomic E-state index is 13.1. The molecule has 0 spiro atoms. The molecule has 0 N–H and O–H groups in total. The summed E-state index contributed by atoms with van der Waals surface area (Å²) < 4.78 is 1.67. The Morgan fingerprint density at radius 1 is 1.13 bits per heavy atom. The van der Waals surface area contributed by atoms with Crippen molar-refractivity contribution in [2.45, 2.75) is 19.3 Å². The van der Waals surface area contributed by atoms with Crippen molar-refractivity contribution in [3.05, 3.63) is 70.3 Å². The van der Waals surface area contributed by atoms with E-state index < -0.39 is 0 Å². The summed E-state index contributed by atoms with van der Waals surface area (Å²) in [5, 5.41) is 9.72. The van der Waals surface area contributed by atoms with Crippen LogP contribution in [0.5, 0.6) is 0 Å². The minimum absolute atomic E-state index is 0.158. The van der Waals surface area contributed by atoms with Crippen molar-refractivity contribution >= 4 is 10.9 Å². The molecule has 1 aliphatic rings. The molecular weight excluding hydrogens is 286 g/mol. The van der Waals surface area contributed by atoms with Crippen LogP contribution in [0.2, 0.25) is 0 Å². The monoisotopic (exact) mass is 301 g/mol. The average Bonchev–Trinajstić information content (AvgIpc) is 3.39. The Balaban J connectivity index is 2.06. The van der Waals surface area contributed by atoms with Crippen molar-refractivity contribution in [2.75, 3.05) is 0 Å². The molecule has 3 aromatic rings. The van der Waals surface area contributed by atoms with E-state index in [-0.39, 0.29) is 5.56 Å². The summed E-state index contributed by atoms with van der Waals surface area (Å²) in [6, 6.07) is 16.9. The number of para-hydroxylation sites is 1. The fraction of sp³-hybridized carbons (Fsp3) is 0.211. The van der Waals surface area contributed by atoms with E-state index in [1.807, 2.05) is 36.4 Å². The molecular formula is C19H15N3O. The molecule has 2 aromatic carbocycles. The average molecular weight is 301 g/mol. The number of fused-ring (bicyclic) bond motifs is 1. The first-order valence-electron chi connectivity index (χ1n) is 7.78. The van der Waals surface area contributed by atoms with Crippen molar-refractivity contribution in [3.8, 4) is 11.8 Å². The molecule has 0 atom stereocenters. The van der Waals surface area contributed by atoms with E-state index >= 15 is 0 Å². The molecule has 1 aromatic heterocycles. The van der Waals surface area contributed by atoms with Gasteiger partial charge in [-0.2, -0.15) is 5.26 Å². The highest BCUT2D eigenvalue weighted by Gasteiger charge is 2.25. The van der Waals surface area contributed by atoms with Crippen molar-refractivity contribution in [1.82, 2.24) is 9.55 Å². The lowest BCUT2D eigenvalue weighted by atomic mass is 10.1. The van der Waals surface area contributed by atoms with E-state index in [9.17, 15) is 10.1 Å². The summed E-state index contributed by atoms with van der Waals surface area (Å²) in [5.74, 6) is 1.40. The van der Waals surface area contributed by atoms with Gasteiger partial charge in [-0.3, -0.25) is 9.36 Å². The Morgan fingerprint density at radius 2 is 1.91 bits per heavy atom. The fourth-order valence-corrected chi connectivity index (χ4v) is 2.93. The minimum Gasteiger partial charge on any atom is -0.268 e. The molecule has 1 fully saturated rings. The molecule has 23 heavy (non-hydrogen) atoms. The lowest BCUT2D eigenvalue weighted by Crippen LogP contribution is -2.25. The molecule has 0 saturated heterocycles. The van der Waals surface area contributed by atoms with Gasteiger partial charge in [0, 0.05) is 6.42 Å². The Hall–Kier alpha value is -2.93. The molecule has 0 aliphatic heterocycles. The largest absolute Gasteiger partial charge is 0.268 e. The molecule has 0 amide bonds. The SMILES string of the molecule is N#Cc1cccc2nc(CC3CC3)n(-c3ccccc3)c(=O)c12. The predicted molar refractivity (Wildman–Crippen MR) is 88.5 cm³/mol. The first kappa shape index (κ1) is 13.7. The van der Waals surface area contributed by atoms with Gasteiger partial charge in [0.05, 0.1) is 22.2 Å². The van der Waals surface area contributed by atoms with Gasteiger partial charge in [0.2, 0.25) is 0 Å². The highest BCUT2D eigenvalue weighted by Crippen LogP contribution is 2.32. The van der Waals surface area contributed by atoms with E-state index in [0.29, 0.717) is 22.4 Å². The van der Waals surface area contributed by atoms with Gasteiger partial charge in [0.15, 0.2) is 0 Å². The Labute approximate surface area is 133 Å². The van der Waals surface area contributed by atoms with Gasteiger partial charge in [-0.05, 0) is 43.0 Å². The van der Waals surface area contributed by atoms with Crippen LogP contribution in [0, 0.1) is 17.2 Å². The second-order valence-corrected chi connectivity index (χ2v) is 5.96. The summed E-state index contributed by atoms with van der Waals surface area (Å²) in [4.78, 5) is 17.8. The second-order valence-electron chi connectivity index (χ2n) is 5.96. The number of rotatable bonds is 3. The standard InChI is InChI=1S/C19H15N3O/c20-12-14-5-4-8-16-18(14)19(23)22(15-6-2-1-3-7-15)17(21-16)11-13-9-10-13/h1-8,13H,9-11H2. The fourth-order valence-electron chi connectivity index (χ4n) is 2.93. The van der Waals surface area contributed by atoms with Gasteiger partial charge in [0.25, 0.3) is 5.56 Å². The molecule has 1 aliphatic carbocycles. The lowest BCUT2D eigenvalue weighted by Gasteiger charge is -2.14. The van der Waals surface area contributed by atoms with Crippen LogP contribution in [0.25, 0.3) is 16.6 Å². The number of nitriles is 1. The zero-order valence-corrected chi connectivity index (χ0v) is 12.6. The Kier molecular flexibility index (Phi) is 3.20. The predicted octanol–water partition coefficient (Wildman–Crippen LogP) is 3.21. The van der Waals surface area contributed by atoms with Gasteiger partial charge >= 0.3 is 0 Å². The van der Waals surface area contributed by atoms with Gasteiger partial charge < -0.3 is 0 Å². The molecule has 1 heterocycles. The number of nitrogens with zero attached hydrogens (tertiary/aromatic N) is 3. The molecule has 4 rings (SSSR count). The molecule has 4 nitrogen and oxygen atoms in total. The van der Waals surface area contributed by atoms with E-state index in [0.717, 1.165) is 17.9 Å². The Morgan fingerprint density at radius 3 is 2.61 bits per heavy atom. The molecule has 0 unspecified atom stereocenters. The maximum Gasteiger partial charge on any atom is 0.267 e. The van der Waals surface area contributed by atoms with Crippen molar-refractivity contribution in [3.63, 3.8) is 0 Å². The van der Waals surface area contributed by atoms with E-state index in [1.54, 1.807) is 16.7 Å². The third-order valence-electron chi connectivity index (χ3n) is 4.27. The normalized spacial score (nSPS) is 13.9. The minimum atomic E-state index is -0.158. The lowest BCUT2D eigenvalue weighted by molar-refractivity contribution is 0.728. The van der Waals surface area contributed by atoms with Gasteiger partial charge in [-0.1, -0.05) is 24.3 Å². The number of benzene rings is 2. The van der Waals surface area contributed by atoms with Crippen LogP contribution in [0.3, 0.4) is 0 Å². The van der Waals surface area contributed by atoms with Gasteiger partial charge in [-0.15, -0.1) is 0 Å². The highest BCUT2D eigenvalue weighted by molar-refractivity contribution is 5.84. The van der Waals surface area contributed by atoms with Gasteiger partial charge in [0.1, 0.15) is 11.9 Å². The molecule has 0 radical (unpaired) electrons. The molecule has 112 valence electrons. The van der Waals surface area contributed by atoms with Crippen LogP contribution in [0.4, 0.5) is 0 Å². The second kappa shape index (κ2) is 5.36. The van der Waals surface area contributed by atoms with Crippen LogP contribution < -0.4 is 5.56 Å². The van der Waals surface area contributed by atoms with E-state index in [4.69, 9.17) is 4.98 Å². The number of hydrogen-bond donors (Lipinski definition) is 0. The van der Waals surface area contributed by atoms with E-state index in [2.05, 4.69) is 6.07 Å². The maximum absolute atomic E-state index is 13.1. The first-order chi connectivity index (χ1) is 11.3. The number of aromatic nitrogens is 2. The zero-order valence-electron chi connectivity index (χ0n) is 12.6. The topological polar surface area (TPSA) is 58.7 Å². The summed E-state index contributed by atoms with van der Waals surface area (Å²) in [6.45, 7) is 0. The van der Waals surface area contributed by atoms with Crippen molar-refractivity contribution < 1.29 is 0 Å². The van der Waals surface area contributed by atoms with Crippen molar-refractivity contribution in [1.29, 1.82) is 5.26 Å².